The monoisotopic (exact) mass is 231 g/mol. The number of hydrogen-bond acceptors (Lipinski definition) is 4. The van der Waals surface area contributed by atoms with Crippen molar-refractivity contribution < 1.29 is 4.74 Å². The van der Waals surface area contributed by atoms with Gasteiger partial charge in [0.25, 0.3) is 0 Å². The minimum absolute atomic E-state index is 0.253. The summed E-state index contributed by atoms with van der Waals surface area (Å²) < 4.78 is 5.53. The third kappa shape index (κ3) is 3.02. The maximum absolute atomic E-state index is 9.20. The van der Waals surface area contributed by atoms with Crippen LogP contribution in [0.15, 0.2) is 18.5 Å². The Kier molecular flexibility index (Phi) is 4.08. The van der Waals surface area contributed by atoms with Crippen LogP contribution < -0.4 is 5.32 Å². The number of rotatable bonds is 4. The highest BCUT2D eigenvalue weighted by Gasteiger charge is 2.18. The number of hydrogen-bond donors (Lipinski definition) is 1. The van der Waals surface area contributed by atoms with Crippen molar-refractivity contribution >= 4 is 0 Å². The molecule has 0 spiro atoms. The summed E-state index contributed by atoms with van der Waals surface area (Å²) in [5.41, 5.74) is 2.04. The molecule has 2 atom stereocenters. The highest BCUT2D eigenvalue weighted by atomic mass is 16.5. The molecule has 1 aromatic rings. The zero-order valence-corrected chi connectivity index (χ0v) is 10.0. The molecule has 1 fully saturated rings. The van der Waals surface area contributed by atoms with Crippen LogP contribution in [-0.2, 0) is 4.74 Å². The molecule has 0 radical (unpaired) electrons. The van der Waals surface area contributed by atoms with Crippen LogP contribution in [0, 0.1) is 18.3 Å². The molecule has 1 N–H and O–H groups in total. The number of aromatic nitrogens is 1. The summed E-state index contributed by atoms with van der Waals surface area (Å²) in [6.45, 7) is 3.57. The maximum atomic E-state index is 9.20. The Bertz CT molecular complexity index is 407. The number of nitrogens with zero attached hydrogens (tertiary/aromatic N) is 2. The summed E-state index contributed by atoms with van der Waals surface area (Å²) in [5, 5.41) is 12.4. The maximum Gasteiger partial charge on any atom is 0.123 e. The molecule has 17 heavy (non-hydrogen) atoms. The van der Waals surface area contributed by atoms with E-state index in [-0.39, 0.29) is 12.1 Å². The average molecular weight is 231 g/mol. The summed E-state index contributed by atoms with van der Waals surface area (Å²) >= 11 is 0. The van der Waals surface area contributed by atoms with Crippen molar-refractivity contribution in [2.75, 3.05) is 13.2 Å². The van der Waals surface area contributed by atoms with Crippen LogP contribution in [-0.4, -0.2) is 24.2 Å². The molecule has 1 aromatic heterocycles. The molecule has 0 bridgehead atoms. The van der Waals surface area contributed by atoms with E-state index in [1.165, 1.54) is 0 Å². The van der Waals surface area contributed by atoms with Gasteiger partial charge < -0.3 is 4.74 Å². The van der Waals surface area contributed by atoms with Crippen molar-refractivity contribution in [2.24, 2.45) is 0 Å². The van der Waals surface area contributed by atoms with Gasteiger partial charge in [0.1, 0.15) is 6.04 Å². The molecule has 4 nitrogen and oxygen atoms in total. The number of pyridine rings is 1. The van der Waals surface area contributed by atoms with E-state index >= 15 is 0 Å². The Morgan fingerprint density at radius 2 is 2.59 bits per heavy atom. The van der Waals surface area contributed by atoms with Gasteiger partial charge in [-0.3, -0.25) is 10.3 Å². The Balaban J connectivity index is 1.97. The average Bonchev–Trinajstić information content (AvgIpc) is 2.85. The Labute approximate surface area is 102 Å². The molecular weight excluding hydrogens is 214 g/mol. The first-order valence-corrected chi connectivity index (χ1v) is 5.96. The van der Waals surface area contributed by atoms with Gasteiger partial charge in [-0.15, -0.1) is 0 Å². The topological polar surface area (TPSA) is 57.9 Å². The second-order valence-electron chi connectivity index (χ2n) is 4.34. The van der Waals surface area contributed by atoms with E-state index in [2.05, 4.69) is 16.4 Å². The van der Waals surface area contributed by atoms with Crippen molar-refractivity contribution in [2.45, 2.75) is 31.9 Å². The quantitative estimate of drug-likeness (QED) is 0.857. The first-order valence-electron chi connectivity index (χ1n) is 5.96. The van der Waals surface area contributed by atoms with Crippen molar-refractivity contribution in [3.8, 4) is 6.07 Å². The summed E-state index contributed by atoms with van der Waals surface area (Å²) in [7, 11) is 0. The van der Waals surface area contributed by atoms with Crippen molar-refractivity contribution in [3.05, 3.63) is 29.6 Å². The largest absolute Gasteiger partial charge is 0.377 e. The predicted molar refractivity (Wildman–Crippen MR) is 64.3 cm³/mol. The predicted octanol–water partition coefficient (Wildman–Crippen LogP) is 1.72. The van der Waals surface area contributed by atoms with Crippen LogP contribution in [0.25, 0.3) is 0 Å². The number of aryl methyl sites for hydroxylation is 1. The SMILES string of the molecule is Cc1ccncc1C(C#N)NCC1CCCO1. The molecule has 0 aliphatic carbocycles. The Hall–Kier alpha value is -1.44. The number of ether oxygens (including phenoxy) is 1. The highest BCUT2D eigenvalue weighted by Crippen LogP contribution is 2.17. The van der Waals surface area contributed by atoms with Crippen molar-refractivity contribution in [3.63, 3.8) is 0 Å². The van der Waals surface area contributed by atoms with Crippen LogP contribution in [0.4, 0.5) is 0 Å². The van der Waals surface area contributed by atoms with E-state index in [9.17, 15) is 5.26 Å². The van der Waals surface area contributed by atoms with Gasteiger partial charge in [0.05, 0.1) is 12.2 Å². The van der Waals surface area contributed by atoms with Gasteiger partial charge in [-0.25, -0.2) is 0 Å². The fourth-order valence-electron chi connectivity index (χ4n) is 2.06. The van der Waals surface area contributed by atoms with Gasteiger partial charge in [0.15, 0.2) is 0 Å². The third-order valence-electron chi connectivity index (χ3n) is 3.09. The van der Waals surface area contributed by atoms with E-state index in [1.807, 2.05) is 13.0 Å². The number of nitriles is 1. The first kappa shape index (κ1) is 12.0. The Morgan fingerprint density at radius 3 is 3.24 bits per heavy atom. The van der Waals surface area contributed by atoms with E-state index in [0.29, 0.717) is 0 Å². The molecule has 0 amide bonds. The first-order chi connectivity index (χ1) is 8.31. The fourth-order valence-corrected chi connectivity index (χ4v) is 2.06. The normalized spacial score (nSPS) is 21.1. The van der Waals surface area contributed by atoms with E-state index in [0.717, 1.165) is 37.1 Å². The van der Waals surface area contributed by atoms with Gasteiger partial charge in [0.2, 0.25) is 0 Å². The molecule has 0 aromatic carbocycles. The molecule has 2 heterocycles. The molecular formula is C13H17N3O. The second-order valence-corrected chi connectivity index (χ2v) is 4.34. The van der Waals surface area contributed by atoms with Gasteiger partial charge in [-0.2, -0.15) is 5.26 Å². The van der Waals surface area contributed by atoms with E-state index < -0.39 is 0 Å². The molecule has 1 aliphatic rings. The standard InChI is InChI=1S/C13H17N3O/c1-10-4-5-15-9-12(10)13(7-14)16-8-11-3-2-6-17-11/h4-5,9,11,13,16H,2-3,6,8H2,1H3. The van der Waals surface area contributed by atoms with Crippen LogP contribution in [0.3, 0.4) is 0 Å². The summed E-state index contributed by atoms with van der Waals surface area (Å²) in [5.74, 6) is 0. The zero-order valence-electron chi connectivity index (χ0n) is 10.0. The summed E-state index contributed by atoms with van der Waals surface area (Å²) in [6, 6.07) is 3.90. The van der Waals surface area contributed by atoms with E-state index in [1.54, 1.807) is 12.4 Å². The lowest BCUT2D eigenvalue weighted by Crippen LogP contribution is -2.29. The molecule has 2 rings (SSSR count). The van der Waals surface area contributed by atoms with Gasteiger partial charge in [-0.1, -0.05) is 0 Å². The number of nitrogens with one attached hydrogen (secondary N) is 1. The lowest BCUT2D eigenvalue weighted by atomic mass is 10.0. The van der Waals surface area contributed by atoms with Gasteiger partial charge in [0, 0.05) is 31.1 Å². The van der Waals surface area contributed by atoms with Crippen LogP contribution in [0.2, 0.25) is 0 Å². The van der Waals surface area contributed by atoms with Crippen molar-refractivity contribution in [1.29, 1.82) is 5.26 Å². The minimum atomic E-state index is -0.298. The highest BCUT2D eigenvalue weighted by molar-refractivity contribution is 5.29. The summed E-state index contributed by atoms with van der Waals surface area (Å²) in [6.07, 6.45) is 5.95. The molecule has 90 valence electrons. The van der Waals surface area contributed by atoms with Crippen LogP contribution in [0.5, 0.6) is 0 Å². The fraction of sp³-hybridized carbons (Fsp3) is 0.538. The lowest BCUT2D eigenvalue weighted by Gasteiger charge is -2.16. The van der Waals surface area contributed by atoms with Gasteiger partial charge >= 0.3 is 0 Å². The molecule has 0 saturated carbocycles. The zero-order chi connectivity index (χ0) is 12.1. The Morgan fingerprint density at radius 1 is 1.71 bits per heavy atom. The second kappa shape index (κ2) is 5.76. The minimum Gasteiger partial charge on any atom is -0.377 e. The van der Waals surface area contributed by atoms with Crippen molar-refractivity contribution in [1.82, 2.24) is 10.3 Å². The molecule has 1 saturated heterocycles. The molecule has 1 aliphatic heterocycles. The lowest BCUT2D eigenvalue weighted by molar-refractivity contribution is 0.109. The smallest absolute Gasteiger partial charge is 0.123 e. The van der Waals surface area contributed by atoms with Crippen LogP contribution in [0.1, 0.15) is 30.0 Å². The molecule has 2 unspecified atom stereocenters. The van der Waals surface area contributed by atoms with E-state index in [4.69, 9.17) is 4.74 Å². The molecule has 4 heteroatoms. The van der Waals surface area contributed by atoms with Crippen LogP contribution >= 0.6 is 0 Å². The van der Waals surface area contributed by atoms with Gasteiger partial charge in [-0.05, 0) is 31.4 Å². The third-order valence-corrected chi connectivity index (χ3v) is 3.09. The summed E-state index contributed by atoms with van der Waals surface area (Å²) in [4.78, 5) is 4.07.